The molecule has 0 saturated carbocycles. The number of imidazole rings is 1. The molecule has 1 aliphatic rings. The van der Waals surface area contributed by atoms with Crippen LogP contribution in [0.15, 0.2) is 18.2 Å². The standard InChI is InChI=1S/C18H22N4O2/c1-3-16-13(6-5-9-24-16)17(23)21-18-20-14-10-12(11-19)7-8-15(14)22(18)4-2/h7-8,10,13,16H,3-6,9H2,1-2H3,(H,20,21,23). The fraction of sp³-hybridized carbons (Fsp3) is 0.500. The van der Waals surface area contributed by atoms with E-state index in [9.17, 15) is 4.79 Å². The zero-order valence-electron chi connectivity index (χ0n) is 14.1. The van der Waals surface area contributed by atoms with Gasteiger partial charge in [-0.15, -0.1) is 0 Å². The summed E-state index contributed by atoms with van der Waals surface area (Å²) in [6.07, 6.45) is 2.55. The zero-order chi connectivity index (χ0) is 17.1. The second-order valence-electron chi connectivity index (χ2n) is 6.05. The van der Waals surface area contributed by atoms with E-state index in [0.29, 0.717) is 18.1 Å². The molecule has 2 aromatic rings. The summed E-state index contributed by atoms with van der Waals surface area (Å²) in [6, 6.07) is 7.51. The normalized spacial score (nSPS) is 20.7. The van der Waals surface area contributed by atoms with Crippen LogP contribution in [-0.4, -0.2) is 28.2 Å². The Morgan fingerprint density at radius 2 is 2.33 bits per heavy atom. The molecule has 1 N–H and O–H groups in total. The van der Waals surface area contributed by atoms with E-state index >= 15 is 0 Å². The quantitative estimate of drug-likeness (QED) is 0.936. The molecule has 1 amide bonds. The van der Waals surface area contributed by atoms with E-state index in [4.69, 9.17) is 10.00 Å². The van der Waals surface area contributed by atoms with Crippen molar-refractivity contribution in [3.63, 3.8) is 0 Å². The SMILES string of the molecule is CCC1OCCCC1C(=O)Nc1nc2cc(C#N)ccc2n1CC. The molecular weight excluding hydrogens is 304 g/mol. The minimum Gasteiger partial charge on any atom is -0.377 e. The van der Waals surface area contributed by atoms with E-state index in [1.807, 2.05) is 24.5 Å². The Hall–Kier alpha value is -2.39. The number of nitriles is 1. The van der Waals surface area contributed by atoms with Crippen molar-refractivity contribution in [1.29, 1.82) is 5.26 Å². The zero-order valence-corrected chi connectivity index (χ0v) is 14.1. The van der Waals surface area contributed by atoms with Gasteiger partial charge in [0, 0.05) is 13.2 Å². The van der Waals surface area contributed by atoms with Gasteiger partial charge in [0.1, 0.15) is 0 Å². The Kier molecular flexibility index (Phi) is 4.81. The second-order valence-corrected chi connectivity index (χ2v) is 6.05. The third-order valence-corrected chi connectivity index (χ3v) is 4.61. The number of aryl methyl sites for hydroxylation is 1. The summed E-state index contributed by atoms with van der Waals surface area (Å²) in [7, 11) is 0. The molecule has 6 heteroatoms. The number of ether oxygens (including phenoxy) is 1. The van der Waals surface area contributed by atoms with E-state index < -0.39 is 0 Å². The van der Waals surface area contributed by atoms with E-state index in [2.05, 4.69) is 16.4 Å². The maximum atomic E-state index is 12.7. The van der Waals surface area contributed by atoms with Crippen molar-refractivity contribution in [2.24, 2.45) is 5.92 Å². The molecule has 1 aliphatic heterocycles. The minimum atomic E-state index is -0.136. The highest BCUT2D eigenvalue weighted by Crippen LogP contribution is 2.26. The third-order valence-electron chi connectivity index (χ3n) is 4.61. The van der Waals surface area contributed by atoms with Crippen LogP contribution in [0.25, 0.3) is 11.0 Å². The molecule has 126 valence electrons. The largest absolute Gasteiger partial charge is 0.377 e. The molecule has 0 spiro atoms. The van der Waals surface area contributed by atoms with Gasteiger partial charge in [0.15, 0.2) is 0 Å². The maximum absolute atomic E-state index is 12.7. The van der Waals surface area contributed by atoms with Crippen molar-refractivity contribution < 1.29 is 9.53 Å². The lowest BCUT2D eigenvalue weighted by atomic mass is 9.92. The molecule has 1 saturated heterocycles. The van der Waals surface area contributed by atoms with Gasteiger partial charge in [-0.25, -0.2) is 4.98 Å². The number of carbonyl (C=O) groups is 1. The molecule has 1 aromatic carbocycles. The fourth-order valence-electron chi connectivity index (χ4n) is 3.36. The number of aromatic nitrogens is 2. The predicted octanol–water partition coefficient (Wildman–Crippen LogP) is 3.07. The van der Waals surface area contributed by atoms with Gasteiger partial charge in [-0.05, 0) is 44.4 Å². The van der Waals surface area contributed by atoms with Crippen molar-refractivity contribution in [3.05, 3.63) is 23.8 Å². The summed E-state index contributed by atoms with van der Waals surface area (Å²) in [5.74, 6) is 0.364. The number of rotatable bonds is 4. The molecule has 6 nitrogen and oxygen atoms in total. The topological polar surface area (TPSA) is 79.9 Å². The lowest BCUT2D eigenvalue weighted by Gasteiger charge is -2.29. The number of benzene rings is 1. The van der Waals surface area contributed by atoms with Gasteiger partial charge in [0.05, 0.1) is 34.7 Å². The van der Waals surface area contributed by atoms with E-state index in [1.54, 1.807) is 12.1 Å². The van der Waals surface area contributed by atoms with Gasteiger partial charge >= 0.3 is 0 Å². The Labute approximate surface area is 141 Å². The van der Waals surface area contributed by atoms with Crippen molar-refractivity contribution in [3.8, 4) is 6.07 Å². The lowest BCUT2D eigenvalue weighted by molar-refractivity contribution is -0.129. The summed E-state index contributed by atoms with van der Waals surface area (Å²) in [4.78, 5) is 17.2. The Morgan fingerprint density at radius 1 is 1.50 bits per heavy atom. The predicted molar refractivity (Wildman–Crippen MR) is 91.5 cm³/mol. The van der Waals surface area contributed by atoms with Crippen LogP contribution in [0.1, 0.15) is 38.7 Å². The van der Waals surface area contributed by atoms with E-state index in [-0.39, 0.29) is 17.9 Å². The number of hydrogen-bond donors (Lipinski definition) is 1. The van der Waals surface area contributed by atoms with Crippen LogP contribution in [0, 0.1) is 17.2 Å². The smallest absolute Gasteiger partial charge is 0.232 e. The number of nitrogens with zero attached hydrogens (tertiary/aromatic N) is 3. The first-order valence-electron chi connectivity index (χ1n) is 8.50. The number of amides is 1. The summed E-state index contributed by atoms with van der Waals surface area (Å²) < 4.78 is 7.68. The van der Waals surface area contributed by atoms with Crippen molar-refractivity contribution in [2.45, 2.75) is 45.8 Å². The monoisotopic (exact) mass is 326 g/mol. The highest BCUT2D eigenvalue weighted by Gasteiger charge is 2.31. The van der Waals surface area contributed by atoms with Crippen molar-refractivity contribution in [1.82, 2.24) is 9.55 Å². The van der Waals surface area contributed by atoms with Crippen LogP contribution in [0.5, 0.6) is 0 Å². The van der Waals surface area contributed by atoms with Crippen LogP contribution < -0.4 is 5.32 Å². The van der Waals surface area contributed by atoms with Gasteiger partial charge in [0.2, 0.25) is 11.9 Å². The number of hydrogen-bond acceptors (Lipinski definition) is 4. The van der Waals surface area contributed by atoms with E-state index in [0.717, 1.165) is 36.9 Å². The van der Waals surface area contributed by atoms with Crippen LogP contribution in [0.3, 0.4) is 0 Å². The van der Waals surface area contributed by atoms with Crippen LogP contribution >= 0.6 is 0 Å². The minimum absolute atomic E-state index is 0.0246. The van der Waals surface area contributed by atoms with Crippen molar-refractivity contribution >= 4 is 22.9 Å². The Morgan fingerprint density at radius 3 is 3.04 bits per heavy atom. The van der Waals surface area contributed by atoms with E-state index in [1.165, 1.54) is 0 Å². The molecular formula is C18H22N4O2. The lowest BCUT2D eigenvalue weighted by Crippen LogP contribution is -2.38. The maximum Gasteiger partial charge on any atom is 0.232 e. The number of fused-ring (bicyclic) bond motifs is 1. The molecule has 0 bridgehead atoms. The first-order chi connectivity index (χ1) is 11.7. The highest BCUT2D eigenvalue weighted by atomic mass is 16.5. The van der Waals surface area contributed by atoms with Gasteiger partial charge in [-0.3, -0.25) is 10.1 Å². The summed E-state index contributed by atoms with van der Waals surface area (Å²) in [5.41, 5.74) is 2.20. The first kappa shape index (κ1) is 16.5. The molecule has 3 rings (SSSR count). The molecule has 2 heterocycles. The van der Waals surface area contributed by atoms with Crippen molar-refractivity contribution in [2.75, 3.05) is 11.9 Å². The fourth-order valence-corrected chi connectivity index (χ4v) is 3.36. The highest BCUT2D eigenvalue weighted by molar-refractivity contribution is 5.93. The molecule has 2 unspecified atom stereocenters. The van der Waals surface area contributed by atoms with Crippen LogP contribution in [0.2, 0.25) is 0 Å². The molecule has 2 atom stereocenters. The molecule has 1 aromatic heterocycles. The average molecular weight is 326 g/mol. The summed E-state index contributed by atoms with van der Waals surface area (Å²) in [5, 5.41) is 12.0. The number of anilines is 1. The molecule has 1 fully saturated rings. The first-order valence-corrected chi connectivity index (χ1v) is 8.50. The third kappa shape index (κ3) is 3.00. The summed E-state index contributed by atoms with van der Waals surface area (Å²) in [6.45, 7) is 5.47. The van der Waals surface area contributed by atoms with Crippen LogP contribution in [0.4, 0.5) is 5.95 Å². The van der Waals surface area contributed by atoms with Gasteiger partial charge in [-0.1, -0.05) is 6.92 Å². The summed E-state index contributed by atoms with van der Waals surface area (Å²) >= 11 is 0. The molecule has 24 heavy (non-hydrogen) atoms. The average Bonchev–Trinajstić information content (AvgIpc) is 2.97. The number of carbonyl (C=O) groups excluding carboxylic acids is 1. The molecule has 0 aliphatic carbocycles. The van der Waals surface area contributed by atoms with Gasteiger partial charge < -0.3 is 9.30 Å². The van der Waals surface area contributed by atoms with Gasteiger partial charge in [0.25, 0.3) is 0 Å². The second kappa shape index (κ2) is 7.02. The molecule has 0 radical (unpaired) electrons. The Bertz CT molecular complexity index is 790. The Balaban J connectivity index is 1.88. The van der Waals surface area contributed by atoms with Crippen LogP contribution in [-0.2, 0) is 16.1 Å². The number of nitrogens with one attached hydrogen (secondary N) is 1. The van der Waals surface area contributed by atoms with Gasteiger partial charge in [-0.2, -0.15) is 5.26 Å².